The summed E-state index contributed by atoms with van der Waals surface area (Å²) in [4.78, 5) is 0. The lowest BCUT2D eigenvalue weighted by molar-refractivity contribution is -0.888. The Balaban J connectivity index is 3.57. The van der Waals surface area contributed by atoms with Crippen molar-refractivity contribution in [3.63, 3.8) is 0 Å². The van der Waals surface area contributed by atoms with Crippen LogP contribution >= 0.6 is 0 Å². The molecule has 5 nitrogen and oxygen atoms in total. The molecule has 0 aromatic rings. The molecule has 6 heteroatoms. The molecule has 0 aromatic heterocycles. The fourth-order valence-electron chi connectivity index (χ4n) is 2.93. The third-order valence-corrected chi connectivity index (χ3v) is 5.40. The van der Waals surface area contributed by atoms with Gasteiger partial charge in [-0.05, 0) is 25.7 Å². The molecule has 0 saturated carbocycles. The first-order valence-corrected chi connectivity index (χ1v) is 11.2. The van der Waals surface area contributed by atoms with E-state index in [0.29, 0.717) is 17.1 Å². The molecule has 1 atom stereocenters. The van der Waals surface area contributed by atoms with Crippen molar-refractivity contribution in [2.75, 3.05) is 32.9 Å². The minimum absolute atomic E-state index is 0.275. The van der Waals surface area contributed by atoms with Crippen LogP contribution in [0.25, 0.3) is 0 Å². The first-order chi connectivity index (χ1) is 11.2. The highest BCUT2D eigenvalue weighted by molar-refractivity contribution is 7.85. The highest BCUT2D eigenvalue weighted by Crippen LogP contribution is 2.12. The van der Waals surface area contributed by atoms with Crippen molar-refractivity contribution in [1.29, 1.82) is 0 Å². The van der Waals surface area contributed by atoms with E-state index >= 15 is 0 Å². The maximum absolute atomic E-state index is 10.7. The van der Waals surface area contributed by atoms with Crippen LogP contribution in [0, 0.1) is 0 Å². The van der Waals surface area contributed by atoms with Gasteiger partial charge in [0.15, 0.2) is 0 Å². The number of hydrogen-bond donors (Lipinski definition) is 1. The molecule has 2 N–H and O–H groups in total. The molecule has 0 rings (SSSR count). The fraction of sp³-hybridized carbons (Fsp3) is 1.00. The fourth-order valence-corrected chi connectivity index (χ4v) is 3.64. The molecular formula is C18H40N2O3S. The molecule has 0 aliphatic heterocycles. The molecule has 0 aliphatic carbocycles. The lowest BCUT2D eigenvalue weighted by Gasteiger charge is -2.30. The zero-order valence-corrected chi connectivity index (χ0v) is 17.0. The molecule has 0 spiro atoms. The second-order valence-electron chi connectivity index (χ2n) is 7.81. The van der Waals surface area contributed by atoms with Gasteiger partial charge < -0.3 is 14.8 Å². The monoisotopic (exact) mass is 364 g/mol. The Morgan fingerprint density at radius 3 is 1.92 bits per heavy atom. The number of quaternary nitrogens is 1. The van der Waals surface area contributed by atoms with Crippen LogP contribution in [0.4, 0.5) is 0 Å². The normalized spacial score (nSPS) is 14.0. The van der Waals surface area contributed by atoms with Gasteiger partial charge in [0.25, 0.3) is 0 Å². The third-order valence-electron chi connectivity index (χ3n) is 4.71. The van der Waals surface area contributed by atoms with E-state index < -0.39 is 10.1 Å². The molecule has 0 radical (unpaired) electrons. The van der Waals surface area contributed by atoms with E-state index in [9.17, 15) is 13.0 Å². The Kier molecular flexibility index (Phi) is 13.0. The van der Waals surface area contributed by atoms with Crippen LogP contribution in [-0.2, 0) is 10.1 Å². The first kappa shape index (κ1) is 23.8. The highest BCUT2D eigenvalue weighted by atomic mass is 32.2. The SMILES string of the molecule is CCCCCCCCC(N)CCCCC[N+](C)(C)CCS(=O)(=O)[O-]. The molecule has 146 valence electrons. The Morgan fingerprint density at radius 2 is 1.38 bits per heavy atom. The van der Waals surface area contributed by atoms with Crippen molar-refractivity contribution in [2.45, 2.75) is 83.6 Å². The molecule has 24 heavy (non-hydrogen) atoms. The predicted molar refractivity (Wildman–Crippen MR) is 101 cm³/mol. The van der Waals surface area contributed by atoms with Gasteiger partial charge in [-0.2, -0.15) is 0 Å². The molecular weight excluding hydrogens is 324 g/mol. The summed E-state index contributed by atoms with van der Waals surface area (Å²) in [6.45, 7) is 3.53. The summed E-state index contributed by atoms with van der Waals surface area (Å²) in [6.07, 6.45) is 13.4. The Bertz CT molecular complexity index is 397. The van der Waals surface area contributed by atoms with Gasteiger partial charge >= 0.3 is 0 Å². The van der Waals surface area contributed by atoms with Crippen LogP contribution < -0.4 is 5.73 Å². The molecule has 0 saturated heterocycles. The molecule has 0 aromatic carbocycles. The molecule has 0 bridgehead atoms. The number of nitrogens with zero attached hydrogens (tertiary/aromatic N) is 1. The van der Waals surface area contributed by atoms with E-state index in [-0.39, 0.29) is 5.75 Å². The molecule has 0 heterocycles. The summed E-state index contributed by atoms with van der Waals surface area (Å²) in [5.41, 5.74) is 6.17. The van der Waals surface area contributed by atoms with E-state index in [1.165, 1.54) is 38.5 Å². The summed E-state index contributed by atoms with van der Waals surface area (Å²) in [7, 11) is -0.139. The van der Waals surface area contributed by atoms with Crippen molar-refractivity contribution in [1.82, 2.24) is 0 Å². The molecule has 0 aliphatic rings. The van der Waals surface area contributed by atoms with Crippen molar-refractivity contribution in [2.24, 2.45) is 5.73 Å². The van der Waals surface area contributed by atoms with Gasteiger partial charge in [0.1, 0.15) is 10.1 Å². The van der Waals surface area contributed by atoms with E-state index in [0.717, 1.165) is 38.6 Å². The van der Waals surface area contributed by atoms with Crippen LogP contribution in [-0.4, -0.2) is 56.4 Å². The largest absolute Gasteiger partial charge is 0.748 e. The minimum Gasteiger partial charge on any atom is -0.748 e. The van der Waals surface area contributed by atoms with Crippen LogP contribution in [0.1, 0.15) is 77.6 Å². The van der Waals surface area contributed by atoms with Crippen LogP contribution in [0.15, 0.2) is 0 Å². The third kappa shape index (κ3) is 16.7. The van der Waals surface area contributed by atoms with Crippen molar-refractivity contribution >= 4 is 10.1 Å². The Morgan fingerprint density at radius 1 is 0.875 bits per heavy atom. The smallest absolute Gasteiger partial charge is 0.100 e. The second-order valence-corrected chi connectivity index (χ2v) is 9.33. The zero-order valence-electron chi connectivity index (χ0n) is 16.1. The Hall–Kier alpha value is -0.170. The van der Waals surface area contributed by atoms with Gasteiger partial charge in [0, 0.05) is 6.04 Å². The van der Waals surface area contributed by atoms with Crippen molar-refractivity contribution < 1.29 is 17.5 Å². The number of hydrogen-bond acceptors (Lipinski definition) is 4. The van der Waals surface area contributed by atoms with Gasteiger partial charge in [-0.1, -0.05) is 51.9 Å². The summed E-state index contributed by atoms with van der Waals surface area (Å²) >= 11 is 0. The van der Waals surface area contributed by atoms with E-state index in [1.807, 2.05) is 14.1 Å². The Labute approximate surface area is 150 Å². The highest BCUT2D eigenvalue weighted by Gasteiger charge is 2.15. The molecule has 0 fully saturated rings. The summed E-state index contributed by atoms with van der Waals surface area (Å²) in [5, 5.41) is 0. The summed E-state index contributed by atoms with van der Waals surface area (Å²) < 4.78 is 32.7. The number of nitrogens with two attached hydrogens (primary N) is 1. The summed E-state index contributed by atoms with van der Waals surface area (Å²) in [5.74, 6) is -0.275. The van der Waals surface area contributed by atoms with E-state index in [2.05, 4.69) is 6.92 Å². The lowest BCUT2D eigenvalue weighted by atomic mass is 10.0. The molecule has 1 unspecified atom stereocenters. The van der Waals surface area contributed by atoms with Crippen LogP contribution in [0.3, 0.4) is 0 Å². The van der Waals surface area contributed by atoms with Gasteiger partial charge in [-0.15, -0.1) is 0 Å². The molecule has 0 amide bonds. The van der Waals surface area contributed by atoms with Gasteiger partial charge in [0.05, 0.1) is 32.9 Å². The lowest BCUT2D eigenvalue weighted by Crippen LogP contribution is -2.43. The van der Waals surface area contributed by atoms with Crippen LogP contribution in [0.5, 0.6) is 0 Å². The van der Waals surface area contributed by atoms with E-state index in [1.54, 1.807) is 0 Å². The van der Waals surface area contributed by atoms with E-state index in [4.69, 9.17) is 5.73 Å². The van der Waals surface area contributed by atoms with Gasteiger partial charge in [0.2, 0.25) is 0 Å². The summed E-state index contributed by atoms with van der Waals surface area (Å²) in [6, 6.07) is 0.323. The van der Waals surface area contributed by atoms with Crippen molar-refractivity contribution in [3.8, 4) is 0 Å². The number of unbranched alkanes of at least 4 members (excludes halogenated alkanes) is 7. The second kappa shape index (κ2) is 13.1. The maximum Gasteiger partial charge on any atom is 0.100 e. The standard InChI is InChI=1S/C18H40N2O3S/c1-4-5-6-7-8-10-13-18(19)14-11-9-12-15-20(2,3)16-17-24(21,22)23/h18H,4-17,19H2,1-3H3. The van der Waals surface area contributed by atoms with Crippen molar-refractivity contribution in [3.05, 3.63) is 0 Å². The first-order valence-electron chi connectivity index (χ1n) is 9.67. The zero-order chi connectivity index (χ0) is 18.5. The number of rotatable bonds is 16. The van der Waals surface area contributed by atoms with Gasteiger partial charge in [-0.3, -0.25) is 0 Å². The minimum atomic E-state index is -4.10. The average molecular weight is 365 g/mol. The van der Waals surface area contributed by atoms with Gasteiger partial charge in [-0.25, -0.2) is 8.42 Å². The maximum atomic E-state index is 10.7. The predicted octanol–water partition coefficient (Wildman–Crippen LogP) is 3.25. The topological polar surface area (TPSA) is 83.2 Å². The average Bonchev–Trinajstić information content (AvgIpc) is 2.48. The quantitative estimate of drug-likeness (QED) is 0.259. The van der Waals surface area contributed by atoms with Crippen LogP contribution in [0.2, 0.25) is 0 Å².